The van der Waals surface area contributed by atoms with E-state index in [1.54, 1.807) is 67.9 Å². The molecule has 0 radical (unpaired) electrons. The molecule has 4 aromatic rings. The molecule has 3 aromatic carbocycles. The van der Waals surface area contributed by atoms with E-state index in [1.807, 2.05) is 45.0 Å². The molecule has 1 fully saturated rings. The van der Waals surface area contributed by atoms with Crippen molar-refractivity contribution in [3.05, 3.63) is 114 Å². The number of oxime groups is 1. The third-order valence-electron chi connectivity index (χ3n) is 12.0. The largest absolute Gasteiger partial charge is 0.460 e. The SMILES string of the molecule is C=CCO[C@@]12Oc3ccc(Oc4cccc(C=O)c4)cc3[C@H]3[C@H](CCCCO)[C@@H](CCCCO)C=C(C(=NOC(C)(C)C)C[C@@H]1N(C)S(=O)(=O)c1cccc4cccnc14)[C@H]32. The lowest BCUT2D eigenvalue weighted by molar-refractivity contribution is -0.250. The summed E-state index contributed by atoms with van der Waals surface area (Å²) in [5.41, 5.74) is 2.49. The predicted molar refractivity (Wildman–Crippen MR) is 234 cm³/mol. The number of nitrogens with zero attached hydrogens (tertiary/aromatic N) is 3. The highest BCUT2D eigenvalue weighted by molar-refractivity contribution is 7.89. The van der Waals surface area contributed by atoms with Crippen LogP contribution in [0.3, 0.4) is 0 Å². The highest BCUT2D eigenvalue weighted by Crippen LogP contribution is 2.62. The van der Waals surface area contributed by atoms with E-state index in [2.05, 4.69) is 17.6 Å². The number of para-hydroxylation sites is 1. The van der Waals surface area contributed by atoms with Gasteiger partial charge in [0.05, 0.1) is 29.8 Å². The molecule has 7 rings (SSSR count). The summed E-state index contributed by atoms with van der Waals surface area (Å²) in [5, 5.41) is 25.4. The average molecular weight is 852 g/mol. The minimum Gasteiger partial charge on any atom is -0.460 e. The molecular weight excluding hydrogens is 795 g/mol. The fourth-order valence-electron chi connectivity index (χ4n) is 9.35. The van der Waals surface area contributed by atoms with Gasteiger partial charge in [-0.1, -0.05) is 60.5 Å². The first-order valence-electron chi connectivity index (χ1n) is 21.2. The van der Waals surface area contributed by atoms with Crippen LogP contribution in [0.2, 0.25) is 0 Å². The topological polar surface area (TPSA) is 157 Å². The van der Waals surface area contributed by atoms with Crippen molar-refractivity contribution in [2.45, 2.75) is 94.0 Å². The molecule has 0 unspecified atom stereocenters. The van der Waals surface area contributed by atoms with E-state index in [1.165, 1.54) is 4.31 Å². The first-order valence-corrected chi connectivity index (χ1v) is 22.6. The molecule has 3 aliphatic rings. The number of benzene rings is 3. The summed E-state index contributed by atoms with van der Waals surface area (Å²) in [6.07, 6.45) is 10.7. The van der Waals surface area contributed by atoms with Crippen LogP contribution in [0.15, 0.2) is 113 Å². The van der Waals surface area contributed by atoms with Gasteiger partial charge in [0.25, 0.3) is 0 Å². The van der Waals surface area contributed by atoms with Gasteiger partial charge in [0.15, 0.2) is 0 Å². The number of hydrogen-bond donors (Lipinski definition) is 2. The Labute approximate surface area is 358 Å². The Hall–Kier alpha value is -4.92. The van der Waals surface area contributed by atoms with Crippen molar-refractivity contribution in [1.29, 1.82) is 0 Å². The molecule has 0 amide bonds. The van der Waals surface area contributed by atoms with Crippen molar-refractivity contribution < 1.29 is 42.5 Å². The maximum atomic E-state index is 15.1. The summed E-state index contributed by atoms with van der Waals surface area (Å²) < 4.78 is 52.3. The molecule has 0 bridgehead atoms. The highest BCUT2D eigenvalue weighted by Gasteiger charge is 2.66. The minimum absolute atomic E-state index is 0.0120. The number of fused-ring (bicyclic) bond motifs is 3. The Morgan fingerprint density at radius 3 is 2.46 bits per heavy atom. The van der Waals surface area contributed by atoms with Crippen LogP contribution >= 0.6 is 0 Å². The van der Waals surface area contributed by atoms with Crippen molar-refractivity contribution in [1.82, 2.24) is 9.29 Å². The zero-order valence-corrected chi connectivity index (χ0v) is 36.2. The third-order valence-corrected chi connectivity index (χ3v) is 13.9. The number of ether oxygens (including phenoxy) is 3. The average Bonchev–Trinajstić information content (AvgIpc) is 3.25. The number of aliphatic hydroxyl groups is 2. The number of pyridine rings is 1. The lowest BCUT2D eigenvalue weighted by Gasteiger charge is -2.59. The van der Waals surface area contributed by atoms with Crippen LogP contribution in [-0.4, -0.2) is 84.2 Å². The van der Waals surface area contributed by atoms with Crippen LogP contribution in [0.5, 0.6) is 17.2 Å². The van der Waals surface area contributed by atoms with Gasteiger partial charge < -0.3 is 29.3 Å². The molecule has 6 atom stereocenters. The lowest BCUT2D eigenvalue weighted by Crippen LogP contribution is -2.69. The second-order valence-electron chi connectivity index (χ2n) is 17.1. The summed E-state index contributed by atoms with van der Waals surface area (Å²) in [6, 6.07) is 20.3. The van der Waals surface area contributed by atoms with Crippen LogP contribution < -0.4 is 9.47 Å². The van der Waals surface area contributed by atoms with E-state index in [-0.39, 0.29) is 48.9 Å². The molecule has 0 spiro atoms. The molecule has 0 saturated heterocycles. The Bertz CT molecular complexity index is 2390. The first-order chi connectivity index (χ1) is 29.3. The van der Waals surface area contributed by atoms with Gasteiger partial charge in [-0.25, -0.2) is 8.42 Å². The molecule has 1 aromatic heterocycles. The van der Waals surface area contributed by atoms with E-state index in [9.17, 15) is 15.0 Å². The molecular formula is C48H57N3O9S. The minimum atomic E-state index is -4.28. The predicted octanol–water partition coefficient (Wildman–Crippen LogP) is 8.59. The lowest BCUT2D eigenvalue weighted by atomic mass is 9.55. The maximum absolute atomic E-state index is 15.1. The fourth-order valence-corrected chi connectivity index (χ4v) is 10.9. The summed E-state index contributed by atoms with van der Waals surface area (Å²) in [5.74, 6) is -0.988. The molecule has 2 aliphatic carbocycles. The smallest absolute Gasteiger partial charge is 0.245 e. The monoisotopic (exact) mass is 851 g/mol. The number of likely N-dealkylation sites (N-methyl/N-ethyl adjacent to an activating group) is 1. The van der Waals surface area contributed by atoms with Gasteiger partial charge in [-0.05, 0) is 106 Å². The Balaban J connectivity index is 1.47. The van der Waals surface area contributed by atoms with Gasteiger partial charge in [0.2, 0.25) is 15.8 Å². The van der Waals surface area contributed by atoms with Gasteiger partial charge in [-0.3, -0.25) is 9.78 Å². The number of hydrogen-bond acceptors (Lipinski definition) is 11. The van der Waals surface area contributed by atoms with Gasteiger partial charge in [0.1, 0.15) is 34.0 Å². The molecule has 1 saturated carbocycles. The molecule has 324 valence electrons. The molecule has 12 nitrogen and oxygen atoms in total. The molecule has 2 N–H and O–H groups in total. The zero-order valence-electron chi connectivity index (χ0n) is 35.4. The number of allylic oxidation sites excluding steroid dienone is 1. The highest BCUT2D eigenvalue weighted by atomic mass is 32.2. The Kier molecular flexibility index (Phi) is 13.5. The molecule has 61 heavy (non-hydrogen) atoms. The number of aromatic nitrogens is 1. The zero-order chi connectivity index (χ0) is 43.4. The Morgan fingerprint density at radius 2 is 1.72 bits per heavy atom. The van der Waals surface area contributed by atoms with Crippen molar-refractivity contribution in [2.24, 2.45) is 22.9 Å². The number of carbonyl (C=O) groups is 1. The van der Waals surface area contributed by atoms with Crippen molar-refractivity contribution in [3.63, 3.8) is 0 Å². The van der Waals surface area contributed by atoms with E-state index in [0.29, 0.717) is 52.3 Å². The summed E-state index contributed by atoms with van der Waals surface area (Å²) in [7, 11) is -2.71. The number of sulfonamides is 1. The first kappa shape index (κ1) is 44.1. The summed E-state index contributed by atoms with van der Waals surface area (Å²) in [4.78, 5) is 22.4. The molecule has 13 heteroatoms. The number of aliphatic hydroxyl groups excluding tert-OH is 2. The van der Waals surface area contributed by atoms with Gasteiger partial charge >= 0.3 is 0 Å². The van der Waals surface area contributed by atoms with Crippen molar-refractivity contribution in [3.8, 4) is 17.2 Å². The van der Waals surface area contributed by atoms with Crippen LogP contribution in [0.25, 0.3) is 10.9 Å². The third kappa shape index (κ3) is 9.03. The standard InChI is InChI=1S/C48H57N3O9S/c1-6-26-57-48-43(51(5)61(55,56)42-20-12-16-33-17-13-23-49-46(33)42)30-40(50-60-47(2,3)4)38-28-34(15-7-9-24-52)37(19-8-10-25-53)44(45(38)48)39-29-36(21-22-41(39)59-48)58-35-18-11-14-32(27-35)31-54/h6,11-14,16-18,20-23,27-29,31,34,37,43-45,52-53H,1,7-10,15,19,24-26,30H2,2-5H3/t34-,37+,43-,44+,45+,48+/m0/s1. The maximum Gasteiger partial charge on any atom is 0.245 e. The summed E-state index contributed by atoms with van der Waals surface area (Å²) >= 11 is 0. The van der Waals surface area contributed by atoms with Crippen LogP contribution in [0, 0.1) is 17.8 Å². The number of unbranched alkanes of at least 4 members (excludes halogenated alkanes) is 2. The quantitative estimate of drug-likeness (QED) is 0.0430. The fraction of sp³-hybridized carbons (Fsp3) is 0.438. The van der Waals surface area contributed by atoms with E-state index in [4.69, 9.17) is 24.2 Å². The summed E-state index contributed by atoms with van der Waals surface area (Å²) in [6.45, 7) is 9.92. The van der Waals surface area contributed by atoms with Gasteiger partial charge in [-0.15, -0.1) is 6.58 Å². The van der Waals surface area contributed by atoms with E-state index >= 15 is 8.42 Å². The molecule has 1 aliphatic heterocycles. The molecule has 2 heterocycles. The number of aldehydes is 1. The van der Waals surface area contributed by atoms with E-state index < -0.39 is 33.4 Å². The van der Waals surface area contributed by atoms with Crippen molar-refractivity contribution in [2.75, 3.05) is 26.9 Å². The second-order valence-corrected chi connectivity index (χ2v) is 19.1. The van der Waals surface area contributed by atoms with Gasteiger partial charge in [-0.2, -0.15) is 4.31 Å². The van der Waals surface area contributed by atoms with Crippen LogP contribution in [-0.2, 0) is 19.6 Å². The number of rotatable bonds is 18. The van der Waals surface area contributed by atoms with E-state index in [0.717, 1.165) is 43.1 Å². The van der Waals surface area contributed by atoms with Crippen molar-refractivity contribution >= 4 is 32.9 Å². The van der Waals surface area contributed by atoms with Crippen LogP contribution in [0.1, 0.15) is 87.6 Å². The normalized spacial score (nSPS) is 24.1. The van der Waals surface area contributed by atoms with Crippen LogP contribution in [0.4, 0.5) is 0 Å². The Morgan fingerprint density at radius 1 is 0.984 bits per heavy atom. The second kappa shape index (κ2) is 18.6. The van der Waals surface area contributed by atoms with Gasteiger partial charge in [0, 0.05) is 55.3 Å². The number of carbonyl (C=O) groups excluding carboxylic acids is 1.